The lowest BCUT2D eigenvalue weighted by molar-refractivity contribution is 0.0945. The summed E-state index contributed by atoms with van der Waals surface area (Å²) < 4.78 is 29.9. The quantitative estimate of drug-likeness (QED) is 0.531. The molecule has 1 saturated heterocycles. The lowest BCUT2D eigenvalue weighted by Gasteiger charge is -2.36. The second kappa shape index (κ2) is 8.71. The van der Waals surface area contributed by atoms with Gasteiger partial charge in [-0.05, 0) is 49.8 Å². The largest absolute Gasteiger partial charge is 0.365 e. The van der Waals surface area contributed by atoms with Crippen molar-refractivity contribution in [3.63, 3.8) is 0 Å². The van der Waals surface area contributed by atoms with Crippen LogP contribution in [0.5, 0.6) is 0 Å². The number of nitrogens with zero attached hydrogens (tertiary/aromatic N) is 3. The van der Waals surface area contributed by atoms with Crippen LogP contribution in [-0.2, 0) is 6.54 Å². The number of hydrogen-bond donors (Lipinski definition) is 2. The number of aromatic amines is 1. The number of pyridine rings is 2. The number of rotatable bonds is 6. The van der Waals surface area contributed by atoms with E-state index in [1.54, 1.807) is 18.2 Å². The molecular weight excluding hydrogens is 452 g/mol. The molecule has 9 heteroatoms. The number of anilines is 1. The highest BCUT2D eigenvalue weighted by atomic mass is 19.1. The minimum atomic E-state index is -0.656. The molecule has 2 saturated carbocycles. The highest BCUT2D eigenvalue weighted by molar-refractivity contribution is 5.92. The van der Waals surface area contributed by atoms with Gasteiger partial charge in [0.15, 0.2) is 5.82 Å². The van der Waals surface area contributed by atoms with Crippen molar-refractivity contribution in [2.45, 2.75) is 44.2 Å². The molecule has 35 heavy (non-hydrogen) atoms. The molecule has 1 aliphatic heterocycles. The average molecular weight is 480 g/mol. The lowest BCUT2D eigenvalue weighted by atomic mass is 10.1. The zero-order valence-corrected chi connectivity index (χ0v) is 19.3. The molecule has 6 rings (SSSR count). The normalized spacial score (nSPS) is 18.7. The molecule has 1 aromatic carbocycles. The van der Waals surface area contributed by atoms with E-state index in [1.165, 1.54) is 0 Å². The Morgan fingerprint density at radius 3 is 2.51 bits per heavy atom. The van der Waals surface area contributed by atoms with E-state index in [1.807, 2.05) is 17.0 Å². The van der Waals surface area contributed by atoms with E-state index in [0.717, 1.165) is 36.6 Å². The maximum Gasteiger partial charge on any atom is 0.270 e. The van der Waals surface area contributed by atoms with Gasteiger partial charge < -0.3 is 15.2 Å². The van der Waals surface area contributed by atoms with Gasteiger partial charge in [-0.25, -0.2) is 9.37 Å². The van der Waals surface area contributed by atoms with Crippen LogP contribution in [0.4, 0.5) is 14.5 Å². The number of piperazine rings is 1. The number of halogens is 2. The Balaban J connectivity index is 1.11. The maximum absolute atomic E-state index is 15.2. The van der Waals surface area contributed by atoms with Gasteiger partial charge in [-0.3, -0.25) is 14.5 Å². The van der Waals surface area contributed by atoms with Crippen molar-refractivity contribution in [3.05, 3.63) is 69.3 Å². The summed E-state index contributed by atoms with van der Waals surface area (Å²) in [4.78, 5) is 35.1. The molecule has 7 nitrogen and oxygen atoms in total. The van der Waals surface area contributed by atoms with E-state index in [0.29, 0.717) is 49.9 Å². The summed E-state index contributed by atoms with van der Waals surface area (Å²) in [5, 5.41) is 3.53. The smallest absolute Gasteiger partial charge is 0.270 e. The second-order valence-corrected chi connectivity index (χ2v) is 9.85. The van der Waals surface area contributed by atoms with E-state index < -0.39 is 5.95 Å². The SMILES string of the molecule is O=C(NC1CC1)c1ccc(N2CCN(Cc3ccc4cc(C5CC5)c(=O)[nH]c4c3F)CC2)c(F)n1. The van der Waals surface area contributed by atoms with E-state index in [-0.39, 0.29) is 34.5 Å². The fourth-order valence-electron chi connectivity index (χ4n) is 4.78. The highest BCUT2D eigenvalue weighted by Crippen LogP contribution is 2.39. The molecular formula is C26H27F2N5O2. The van der Waals surface area contributed by atoms with E-state index in [4.69, 9.17) is 0 Å². The zero-order chi connectivity index (χ0) is 24.1. The van der Waals surface area contributed by atoms with Crippen molar-refractivity contribution in [2.24, 2.45) is 0 Å². The first-order valence-electron chi connectivity index (χ1n) is 12.3. The number of H-pyrrole nitrogens is 1. The molecule has 2 aliphatic carbocycles. The Kier molecular flexibility index (Phi) is 5.51. The molecule has 3 aromatic rings. The Hall–Kier alpha value is -3.33. The summed E-state index contributed by atoms with van der Waals surface area (Å²) in [7, 11) is 0. The van der Waals surface area contributed by atoms with Crippen LogP contribution in [-0.4, -0.2) is 53.0 Å². The number of amides is 1. The summed E-state index contributed by atoms with van der Waals surface area (Å²) >= 11 is 0. The minimum absolute atomic E-state index is 0.0888. The number of fused-ring (bicyclic) bond motifs is 1. The Morgan fingerprint density at radius 2 is 1.83 bits per heavy atom. The van der Waals surface area contributed by atoms with E-state index >= 15 is 4.39 Å². The van der Waals surface area contributed by atoms with Crippen LogP contribution in [0, 0.1) is 11.8 Å². The van der Waals surface area contributed by atoms with Gasteiger partial charge in [0, 0.05) is 55.3 Å². The van der Waals surface area contributed by atoms with Crippen molar-refractivity contribution < 1.29 is 13.6 Å². The second-order valence-electron chi connectivity index (χ2n) is 9.85. The number of nitrogens with one attached hydrogen (secondary N) is 2. The summed E-state index contributed by atoms with van der Waals surface area (Å²) in [5.41, 5.74) is 1.80. The topological polar surface area (TPSA) is 81.3 Å². The monoisotopic (exact) mass is 479 g/mol. The van der Waals surface area contributed by atoms with Gasteiger partial charge in [0.2, 0.25) is 5.95 Å². The molecule has 2 N–H and O–H groups in total. The average Bonchev–Trinajstić information content (AvgIpc) is 3.77. The molecule has 1 amide bonds. The van der Waals surface area contributed by atoms with Gasteiger partial charge in [0.25, 0.3) is 11.5 Å². The van der Waals surface area contributed by atoms with Crippen LogP contribution < -0.4 is 15.8 Å². The molecule has 0 unspecified atom stereocenters. The van der Waals surface area contributed by atoms with Crippen molar-refractivity contribution in [2.75, 3.05) is 31.1 Å². The summed E-state index contributed by atoms with van der Waals surface area (Å²) in [6, 6.07) is 8.83. The molecule has 0 spiro atoms. The molecule has 0 bridgehead atoms. The van der Waals surface area contributed by atoms with Gasteiger partial charge in [0.1, 0.15) is 5.69 Å². The van der Waals surface area contributed by atoms with Crippen molar-refractivity contribution in [1.29, 1.82) is 0 Å². The number of benzene rings is 1. The predicted molar refractivity (Wildman–Crippen MR) is 129 cm³/mol. The van der Waals surface area contributed by atoms with Crippen molar-refractivity contribution in [1.82, 2.24) is 20.2 Å². The van der Waals surface area contributed by atoms with Crippen LogP contribution in [0.2, 0.25) is 0 Å². The van der Waals surface area contributed by atoms with Crippen LogP contribution in [0.1, 0.15) is 53.2 Å². The summed E-state index contributed by atoms with van der Waals surface area (Å²) in [6.45, 7) is 2.77. The Labute approximate surface area is 201 Å². The van der Waals surface area contributed by atoms with Gasteiger partial charge in [-0.2, -0.15) is 4.39 Å². The Bertz CT molecular complexity index is 1360. The first kappa shape index (κ1) is 22.2. The molecule has 2 aromatic heterocycles. The molecule has 182 valence electrons. The number of carbonyl (C=O) groups excluding carboxylic acids is 1. The third-order valence-corrected chi connectivity index (χ3v) is 7.16. The fraction of sp³-hybridized carbons (Fsp3) is 0.423. The number of hydrogen-bond acceptors (Lipinski definition) is 5. The van der Waals surface area contributed by atoms with Crippen molar-refractivity contribution in [3.8, 4) is 0 Å². The first-order valence-corrected chi connectivity index (χ1v) is 12.3. The fourth-order valence-corrected chi connectivity index (χ4v) is 4.78. The number of aromatic nitrogens is 2. The summed E-state index contributed by atoms with van der Waals surface area (Å²) in [6.07, 6.45) is 3.94. The third-order valence-electron chi connectivity index (χ3n) is 7.16. The van der Waals surface area contributed by atoms with Crippen LogP contribution in [0.15, 0.2) is 35.1 Å². The molecule has 3 aliphatic rings. The zero-order valence-electron chi connectivity index (χ0n) is 19.3. The Morgan fingerprint density at radius 1 is 1.06 bits per heavy atom. The van der Waals surface area contributed by atoms with E-state index in [9.17, 15) is 14.0 Å². The molecule has 0 atom stereocenters. The standard InChI is InChI=1S/C26H27F2N5O2/c27-22-17(4-3-16-13-19(15-1-2-15)25(34)31-23(16)22)14-32-9-11-33(12-10-32)21-8-7-20(30-24(21)28)26(35)29-18-5-6-18/h3-4,7-8,13,15,18H,1-2,5-6,9-12,14H2,(H,29,35)(H,31,34). The predicted octanol–water partition coefficient (Wildman–Crippen LogP) is 3.29. The van der Waals surface area contributed by atoms with Crippen LogP contribution >= 0.6 is 0 Å². The van der Waals surface area contributed by atoms with Gasteiger partial charge in [0.05, 0.1) is 11.2 Å². The molecule has 3 fully saturated rings. The van der Waals surface area contributed by atoms with Crippen LogP contribution in [0.3, 0.4) is 0 Å². The van der Waals surface area contributed by atoms with Gasteiger partial charge >= 0.3 is 0 Å². The summed E-state index contributed by atoms with van der Waals surface area (Å²) in [5.74, 6) is -1.08. The van der Waals surface area contributed by atoms with Crippen LogP contribution in [0.25, 0.3) is 10.9 Å². The van der Waals surface area contributed by atoms with Gasteiger partial charge in [-0.1, -0.05) is 12.1 Å². The lowest BCUT2D eigenvalue weighted by Crippen LogP contribution is -2.46. The van der Waals surface area contributed by atoms with Gasteiger partial charge in [-0.15, -0.1) is 0 Å². The highest BCUT2D eigenvalue weighted by Gasteiger charge is 2.28. The maximum atomic E-state index is 15.2. The molecule has 0 radical (unpaired) electrons. The molecule has 3 heterocycles. The van der Waals surface area contributed by atoms with Crippen molar-refractivity contribution >= 4 is 22.5 Å². The van der Waals surface area contributed by atoms with E-state index in [2.05, 4.69) is 20.2 Å². The number of carbonyl (C=O) groups is 1. The third kappa shape index (κ3) is 4.52. The minimum Gasteiger partial charge on any atom is -0.365 e. The first-order chi connectivity index (χ1) is 17.0.